The largest absolute Gasteiger partial charge is 0.320 e. The van der Waals surface area contributed by atoms with Gasteiger partial charge in [0.05, 0.1) is 23.3 Å². The van der Waals surface area contributed by atoms with E-state index >= 15 is 0 Å². The lowest BCUT2D eigenvalue weighted by Crippen LogP contribution is -2.31. The van der Waals surface area contributed by atoms with Gasteiger partial charge in [-0.2, -0.15) is 0 Å². The Morgan fingerprint density at radius 1 is 1.09 bits per heavy atom. The van der Waals surface area contributed by atoms with Crippen LogP contribution in [-0.2, 0) is 21.9 Å². The summed E-state index contributed by atoms with van der Waals surface area (Å²) in [6.07, 6.45) is 0.944. The van der Waals surface area contributed by atoms with Gasteiger partial charge in [-0.15, -0.1) is 0 Å². The first kappa shape index (κ1) is 24.2. The van der Waals surface area contributed by atoms with E-state index in [0.29, 0.717) is 11.4 Å². The summed E-state index contributed by atoms with van der Waals surface area (Å²) in [4.78, 5) is 25.4. The molecule has 2 aromatic carbocycles. The van der Waals surface area contributed by atoms with Crippen LogP contribution in [0.15, 0.2) is 53.3 Å². The third-order valence-corrected chi connectivity index (χ3v) is 6.37. The molecule has 0 aliphatic rings. The normalized spacial score (nSPS) is 11.4. The Labute approximate surface area is 190 Å². The molecule has 0 atom stereocenters. The molecule has 1 amide bonds. The van der Waals surface area contributed by atoms with Crippen molar-refractivity contribution < 1.29 is 22.0 Å². The SMILES string of the molecule is Cc1c(NC(=O)CCCN(c2ccc(F)c(F)c2)S(C)(=O)=O)c(=O)n(-c2ccccc2)n1C. The van der Waals surface area contributed by atoms with E-state index in [4.69, 9.17) is 0 Å². The number of carbonyl (C=O) groups is 1. The van der Waals surface area contributed by atoms with Crippen molar-refractivity contribution in [3.8, 4) is 5.69 Å². The average molecular weight is 479 g/mol. The van der Waals surface area contributed by atoms with Gasteiger partial charge >= 0.3 is 0 Å². The number of sulfonamides is 1. The summed E-state index contributed by atoms with van der Waals surface area (Å²) in [5.41, 5.74) is 0.892. The molecule has 0 radical (unpaired) electrons. The molecule has 3 aromatic rings. The van der Waals surface area contributed by atoms with E-state index in [-0.39, 0.29) is 30.8 Å². The first-order valence-electron chi connectivity index (χ1n) is 10.1. The van der Waals surface area contributed by atoms with Crippen molar-refractivity contribution in [2.75, 3.05) is 22.4 Å². The van der Waals surface area contributed by atoms with Crippen LogP contribution in [0, 0.1) is 18.6 Å². The Morgan fingerprint density at radius 3 is 2.36 bits per heavy atom. The molecule has 11 heteroatoms. The summed E-state index contributed by atoms with van der Waals surface area (Å²) in [7, 11) is -2.10. The molecule has 8 nitrogen and oxygen atoms in total. The van der Waals surface area contributed by atoms with Gasteiger partial charge in [0.15, 0.2) is 11.6 Å². The molecule has 0 fully saturated rings. The highest BCUT2D eigenvalue weighted by atomic mass is 32.2. The van der Waals surface area contributed by atoms with Gasteiger partial charge in [-0.3, -0.25) is 18.6 Å². The highest BCUT2D eigenvalue weighted by molar-refractivity contribution is 7.92. The monoisotopic (exact) mass is 478 g/mol. The molecule has 3 rings (SSSR count). The number of benzene rings is 2. The lowest BCUT2D eigenvalue weighted by Gasteiger charge is -2.22. The maximum absolute atomic E-state index is 13.6. The highest BCUT2D eigenvalue weighted by Gasteiger charge is 2.21. The summed E-state index contributed by atoms with van der Waals surface area (Å²) in [5.74, 6) is -2.74. The Kier molecular flexibility index (Phi) is 7.01. The number of carbonyl (C=O) groups excluding carboxylic acids is 1. The fraction of sp³-hybridized carbons (Fsp3) is 0.273. The number of para-hydroxylation sites is 1. The van der Waals surface area contributed by atoms with Gasteiger partial charge in [0.25, 0.3) is 5.56 Å². The van der Waals surface area contributed by atoms with E-state index in [9.17, 15) is 26.8 Å². The Morgan fingerprint density at radius 2 is 1.76 bits per heavy atom. The minimum absolute atomic E-state index is 0.0403. The van der Waals surface area contributed by atoms with Crippen LogP contribution < -0.4 is 15.2 Å². The molecule has 0 unspecified atom stereocenters. The molecule has 1 aromatic heterocycles. The zero-order valence-corrected chi connectivity index (χ0v) is 19.2. The number of amides is 1. The van der Waals surface area contributed by atoms with E-state index in [2.05, 4.69) is 5.32 Å². The number of halogens is 2. The van der Waals surface area contributed by atoms with E-state index in [1.54, 1.807) is 42.9 Å². The van der Waals surface area contributed by atoms with Gasteiger partial charge in [-0.25, -0.2) is 21.9 Å². The molecular weight excluding hydrogens is 454 g/mol. The summed E-state index contributed by atoms with van der Waals surface area (Å²) in [6.45, 7) is 1.57. The number of hydrogen-bond donors (Lipinski definition) is 1. The smallest absolute Gasteiger partial charge is 0.295 e. The van der Waals surface area contributed by atoms with Crippen molar-refractivity contribution in [1.82, 2.24) is 9.36 Å². The van der Waals surface area contributed by atoms with Crippen LogP contribution in [-0.4, -0.2) is 36.5 Å². The number of hydrogen-bond acceptors (Lipinski definition) is 4. The number of aromatic nitrogens is 2. The van der Waals surface area contributed by atoms with E-state index in [1.165, 1.54) is 4.68 Å². The fourth-order valence-corrected chi connectivity index (χ4v) is 4.38. The van der Waals surface area contributed by atoms with E-state index in [0.717, 1.165) is 28.8 Å². The minimum atomic E-state index is -3.79. The van der Waals surface area contributed by atoms with Gasteiger partial charge in [0.1, 0.15) is 5.69 Å². The minimum Gasteiger partial charge on any atom is -0.320 e. The molecule has 0 aliphatic carbocycles. The zero-order chi connectivity index (χ0) is 24.3. The molecule has 0 saturated heterocycles. The molecular formula is C22H24F2N4O4S. The van der Waals surface area contributed by atoms with Crippen molar-refractivity contribution >= 4 is 27.3 Å². The van der Waals surface area contributed by atoms with Crippen molar-refractivity contribution in [3.05, 3.63) is 76.2 Å². The second kappa shape index (κ2) is 9.57. The van der Waals surface area contributed by atoms with Gasteiger partial charge < -0.3 is 5.32 Å². The highest BCUT2D eigenvalue weighted by Crippen LogP contribution is 2.21. The lowest BCUT2D eigenvalue weighted by atomic mass is 10.2. The lowest BCUT2D eigenvalue weighted by molar-refractivity contribution is -0.116. The average Bonchev–Trinajstić information content (AvgIpc) is 2.96. The molecule has 0 bridgehead atoms. The van der Waals surface area contributed by atoms with Gasteiger partial charge in [0, 0.05) is 26.1 Å². The topological polar surface area (TPSA) is 93.4 Å². The second-order valence-corrected chi connectivity index (χ2v) is 9.43. The third kappa shape index (κ3) is 5.30. The van der Waals surface area contributed by atoms with Crippen molar-refractivity contribution in [2.24, 2.45) is 7.05 Å². The first-order valence-corrected chi connectivity index (χ1v) is 11.9. The maximum Gasteiger partial charge on any atom is 0.295 e. The van der Waals surface area contributed by atoms with Crippen LogP contribution in [0.1, 0.15) is 18.5 Å². The summed E-state index contributed by atoms with van der Waals surface area (Å²) in [5, 5.41) is 2.61. The van der Waals surface area contributed by atoms with Crippen LogP contribution >= 0.6 is 0 Å². The van der Waals surface area contributed by atoms with Crippen LogP contribution in [0.2, 0.25) is 0 Å². The Hall–Kier alpha value is -3.47. The quantitative estimate of drug-likeness (QED) is 0.539. The molecule has 0 aliphatic heterocycles. The Balaban J connectivity index is 1.71. The molecule has 176 valence electrons. The molecule has 1 heterocycles. The van der Waals surface area contributed by atoms with Crippen molar-refractivity contribution in [1.29, 1.82) is 0 Å². The van der Waals surface area contributed by atoms with Gasteiger partial charge in [-0.05, 0) is 37.6 Å². The standard InChI is InChI=1S/C22H24F2N4O4S/c1-15-21(22(30)28(26(15)2)16-8-5-4-6-9-16)25-20(29)10-7-13-27(33(3,31)32)17-11-12-18(23)19(24)14-17/h4-6,8-9,11-12,14H,7,10,13H2,1-3H3,(H,25,29). The predicted molar refractivity (Wildman–Crippen MR) is 122 cm³/mol. The molecule has 1 N–H and O–H groups in total. The van der Waals surface area contributed by atoms with Crippen LogP contribution in [0.4, 0.5) is 20.2 Å². The summed E-state index contributed by atoms with van der Waals surface area (Å²) in [6, 6.07) is 11.7. The first-order chi connectivity index (χ1) is 15.5. The van der Waals surface area contributed by atoms with Crippen molar-refractivity contribution in [2.45, 2.75) is 19.8 Å². The summed E-state index contributed by atoms with van der Waals surface area (Å²) < 4.78 is 55.0. The molecule has 33 heavy (non-hydrogen) atoms. The van der Waals surface area contributed by atoms with Crippen LogP contribution in [0.3, 0.4) is 0 Å². The van der Waals surface area contributed by atoms with Crippen molar-refractivity contribution in [3.63, 3.8) is 0 Å². The number of rotatable bonds is 8. The zero-order valence-electron chi connectivity index (χ0n) is 18.4. The van der Waals surface area contributed by atoms with E-state index < -0.39 is 33.1 Å². The third-order valence-electron chi connectivity index (χ3n) is 5.18. The summed E-state index contributed by atoms with van der Waals surface area (Å²) >= 11 is 0. The number of anilines is 2. The maximum atomic E-state index is 13.6. The van der Waals surface area contributed by atoms with E-state index in [1.807, 2.05) is 6.07 Å². The Bertz CT molecular complexity index is 1330. The van der Waals surface area contributed by atoms with Gasteiger partial charge in [-0.1, -0.05) is 18.2 Å². The number of nitrogens with one attached hydrogen (secondary N) is 1. The van der Waals surface area contributed by atoms with Crippen LogP contribution in [0.25, 0.3) is 5.69 Å². The van der Waals surface area contributed by atoms with Crippen LogP contribution in [0.5, 0.6) is 0 Å². The second-order valence-electron chi connectivity index (χ2n) is 7.52. The molecule has 0 spiro atoms. The fourth-order valence-electron chi connectivity index (χ4n) is 3.42. The predicted octanol–water partition coefficient (Wildman–Crippen LogP) is 2.95. The molecule has 0 saturated carbocycles. The van der Waals surface area contributed by atoms with Gasteiger partial charge in [0.2, 0.25) is 15.9 Å². The number of nitrogens with zero attached hydrogens (tertiary/aromatic N) is 3.